The number of hydrogen-bond donors (Lipinski definition) is 2. The van der Waals surface area contributed by atoms with Gasteiger partial charge in [-0.05, 0) is 37.8 Å². The van der Waals surface area contributed by atoms with Crippen molar-refractivity contribution in [2.45, 2.75) is 38.3 Å². The smallest absolute Gasteiger partial charge is 0.223 e. The minimum Gasteiger partial charge on any atom is -0.349 e. The molecule has 19 heavy (non-hydrogen) atoms. The van der Waals surface area contributed by atoms with Crippen LogP contribution in [0.3, 0.4) is 0 Å². The van der Waals surface area contributed by atoms with Crippen LogP contribution >= 0.6 is 23.2 Å². The molecule has 0 unspecified atom stereocenters. The van der Waals surface area contributed by atoms with E-state index in [9.17, 15) is 4.79 Å². The molecule has 3 N–H and O–H groups in total. The summed E-state index contributed by atoms with van der Waals surface area (Å²) in [5, 5.41) is 3.99. The highest BCUT2D eigenvalue weighted by atomic mass is 35.5. The van der Waals surface area contributed by atoms with Gasteiger partial charge in [0.05, 0.1) is 16.1 Å². The molecule has 0 saturated heterocycles. The number of carbonyl (C=O) groups excluding carboxylic acids is 1. The molecule has 2 rings (SSSR count). The van der Waals surface area contributed by atoms with Crippen LogP contribution in [-0.4, -0.2) is 11.9 Å². The van der Waals surface area contributed by atoms with Gasteiger partial charge in [0.2, 0.25) is 5.91 Å². The van der Waals surface area contributed by atoms with Crippen LogP contribution in [0.2, 0.25) is 10.0 Å². The molecular weight excluding hydrogens is 283 g/mol. The van der Waals surface area contributed by atoms with E-state index in [4.69, 9.17) is 28.9 Å². The fourth-order valence-corrected chi connectivity index (χ4v) is 2.99. The quantitative estimate of drug-likeness (QED) is 0.900. The van der Waals surface area contributed by atoms with Crippen LogP contribution in [0.15, 0.2) is 18.2 Å². The van der Waals surface area contributed by atoms with Crippen LogP contribution in [0, 0.1) is 5.92 Å². The van der Waals surface area contributed by atoms with E-state index in [1.807, 2.05) is 19.1 Å². The highest BCUT2D eigenvalue weighted by Gasteiger charge is 2.28. The average Bonchev–Trinajstić information content (AvgIpc) is 2.79. The summed E-state index contributed by atoms with van der Waals surface area (Å²) in [6, 6.07) is 5.44. The third-order valence-corrected chi connectivity index (χ3v) is 4.48. The molecule has 0 aliphatic heterocycles. The van der Waals surface area contributed by atoms with Gasteiger partial charge in [-0.2, -0.15) is 0 Å². The summed E-state index contributed by atoms with van der Waals surface area (Å²) in [5.74, 6) is 0.0758. The molecule has 1 aromatic carbocycles. The third-order valence-electron chi connectivity index (χ3n) is 3.65. The van der Waals surface area contributed by atoms with Crippen LogP contribution in [0.4, 0.5) is 0 Å². The van der Waals surface area contributed by atoms with E-state index >= 15 is 0 Å². The number of nitrogens with two attached hydrogens (primary N) is 1. The number of rotatable bonds is 3. The summed E-state index contributed by atoms with van der Waals surface area (Å²) < 4.78 is 0. The lowest BCUT2D eigenvalue weighted by Crippen LogP contribution is -2.32. The standard InChI is InChI=1S/C14H18Cl2N2O/c1-8(11-3-2-4-12(15)13(11)16)18-14(19)9-5-6-10(17)7-9/h2-4,8-10H,5-7,17H2,1H3,(H,18,19)/t8-,9+,10-/m0/s1. The van der Waals surface area contributed by atoms with Gasteiger partial charge in [0.1, 0.15) is 0 Å². The predicted octanol–water partition coefficient (Wildman–Crippen LogP) is 3.30. The average molecular weight is 301 g/mol. The zero-order valence-electron chi connectivity index (χ0n) is 10.8. The summed E-state index contributed by atoms with van der Waals surface area (Å²) in [6.07, 6.45) is 2.55. The SMILES string of the molecule is C[C@H](NC(=O)[C@@H]1CC[C@H](N)C1)c1cccc(Cl)c1Cl. The van der Waals surface area contributed by atoms with Crippen molar-refractivity contribution in [2.24, 2.45) is 11.7 Å². The van der Waals surface area contributed by atoms with Crippen LogP contribution in [0.25, 0.3) is 0 Å². The predicted molar refractivity (Wildman–Crippen MR) is 78.3 cm³/mol. The van der Waals surface area contributed by atoms with Crippen LogP contribution < -0.4 is 11.1 Å². The van der Waals surface area contributed by atoms with Gasteiger partial charge < -0.3 is 11.1 Å². The minimum absolute atomic E-state index is 0.0235. The van der Waals surface area contributed by atoms with Gasteiger partial charge in [-0.3, -0.25) is 4.79 Å². The van der Waals surface area contributed by atoms with Crippen molar-refractivity contribution < 1.29 is 4.79 Å². The molecule has 3 atom stereocenters. The Morgan fingerprint density at radius 2 is 2.16 bits per heavy atom. The molecule has 1 aliphatic rings. The first kappa shape index (κ1) is 14.6. The highest BCUT2D eigenvalue weighted by Crippen LogP contribution is 2.30. The fraction of sp³-hybridized carbons (Fsp3) is 0.500. The molecule has 0 bridgehead atoms. The Hall–Kier alpha value is -0.770. The topological polar surface area (TPSA) is 55.1 Å². The van der Waals surface area contributed by atoms with E-state index in [1.54, 1.807) is 6.07 Å². The van der Waals surface area contributed by atoms with Crippen LogP contribution in [-0.2, 0) is 4.79 Å². The van der Waals surface area contributed by atoms with Gasteiger partial charge in [0, 0.05) is 12.0 Å². The maximum atomic E-state index is 12.1. The summed E-state index contributed by atoms with van der Waals surface area (Å²) in [5.41, 5.74) is 6.67. The Labute approximate surface area is 123 Å². The largest absolute Gasteiger partial charge is 0.349 e. The number of nitrogens with one attached hydrogen (secondary N) is 1. The Morgan fingerprint density at radius 3 is 2.79 bits per heavy atom. The monoisotopic (exact) mass is 300 g/mol. The van der Waals surface area contributed by atoms with Crippen molar-refractivity contribution in [3.8, 4) is 0 Å². The molecule has 1 amide bonds. The summed E-state index contributed by atoms with van der Waals surface area (Å²) in [4.78, 5) is 12.1. The summed E-state index contributed by atoms with van der Waals surface area (Å²) >= 11 is 12.1. The Kier molecular flexibility index (Phi) is 4.71. The van der Waals surface area contributed by atoms with Crippen molar-refractivity contribution >= 4 is 29.1 Å². The molecular formula is C14H18Cl2N2O. The van der Waals surface area contributed by atoms with E-state index in [0.29, 0.717) is 10.0 Å². The lowest BCUT2D eigenvalue weighted by Gasteiger charge is -2.19. The van der Waals surface area contributed by atoms with Crippen LogP contribution in [0.5, 0.6) is 0 Å². The van der Waals surface area contributed by atoms with Gasteiger partial charge in [-0.25, -0.2) is 0 Å². The molecule has 0 aromatic heterocycles. The number of hydrogen-bond acceptors (Lipinski definition) is 2. The zero-order chi connectivity index (χ0) is 14.0. The molecule has 104 valence electrons. The van der Waals surface area contributed by atoms with Gasteiger partial charge in [-0.15, -0.1) is 0 Å². The number of benzene rings is 1. The van der Waals surface area contributed by atoms with Gasteiger partial charge >= 0.3 is 0 Å². The van der Waals surface area contributed by atoms with E-state index < -0.39 is 0 Å². The molecule has 0 heterocycles. The Morgan fingerprint density at radius 1 is 1.42 bits per heavy atom. The first-order chi connectivity index (χ1) is 8.99. The second-order valence-corrected chi connectivity index (χ2v) is 5.93. The van der Waals surface area contributed by atoms with Gasteiger partial charge in [0.15, 0.2) is 0 Å². The van der Waals surface area contributed by atoms with Crippen molar-refractivity contribution in [2.75, 3.05) is 0 Å². The molecule has 1 aliphatic carbocycles. The van der Waals surface area contributed by atoms with Crippen LogP contribution in [0.1, 0.15) is 37.8 Å². The normalized spacial score (nSPS) is 24.2. The number of amides is 1. The molecule has 1 saturated carbocycles. The summed E-state index contributed by atoms with van der Waals surface area (Å²) in [6.45, 7) is 1.91. The Balaban J connectivity index is 2.02. The van der Waals surface area contributed by atoms with E-state index in [0.717, 1.165) is 24.8 Å². The van der Waals surface area contributed by atoms with E-state index in [1.165, 1.54) is 0 Å². The molecule has 1 aromatic rings. The fourth-order valence-electron chi connectivity index (χ4n) is 2.52. The Bertz CT molecular complexity index is 479. The number of carbonyl (C=O) groups is 1. The molecule has 0 radical (unpaired) electrons. The minimum atomic E-state index is -0.157. The van der Waals surface area contributed by atoms with Gasteiger partial charge in [-0.1, -0.05) is 35.3 Å². The molecule has 3 nitrogen and oxygen atoms in total. The first-order valence-electron chi connectivity index (χ1n) is 6.49. The number of halogens is 2. The third kappa shape index (κ3) is 3.41. The van der Waals surface area contributed by atoms with Gasteiger partial charge in [0.25, 0.3) is 0 Å². The second-order valence-electron chi connectivity index (χ2n) is 5.14. The lowest BCUT2D eigenvalue weighted by molar-refractivity contribution is -0.125. The second kappa shape index (κ2) is 6.12. The molecule has 5 heteroatoms. The van der Waals surface area contributed by atoms with Crippen molar-refractivity contribution in [1.29, 1.82) is 0 Å². The first-order valence-corrected chi connectivity index (χ1v) is 7.24. The lowest BCUT2D eigenvalue weighted by atomic mass is 10.0. The van der Waals surface area contributed by atoms with E-state index in [-0.39, 0.29) is 23.9 Å². The van der Waals surface area contributed by atoms with Crippen molar-refractivity contribution in [3.63, 3.8) is 0 Å². The zero-order valence-corrected chi connectivity index (χ0v) is 12.3. The van der Waals surface area contributed by atoms with E-state index in [2.05, 4.69) is 5.32 Å². The maximum absolute atomic E-state index is 12.1. The molecule has 1 fully saturated rings. The summed E-state index contributed by atoms with van der Waals surface area (Å²) in [7, 11) is 0. The molecule has 0 spiro atoms. The van der Waals surface area contributed by atoms with Crippen molar-refractivity contribution in [3.05, 3.63) is 33.8 Å². The maximum Gasteiger partial charge on any atom is 0.223 e. The van der Waals surface area contributed by atoms with Crippen molar-refractivity contribution in [1.82, 2.24) is 5.32 Å². The highest BCUT2D eigenvalue weighted by molar-refractivity contribution is 6.42.